The molecule has 0 saturated heterocycles. The Hall–Kier alpha value is -2.70. The Morgan fingerprint density at radius 3 is 2.57 bits per heavy atom. The van der Waals surface area contributed by atoms with Crippen molar-refractivity contribution in [2.75, 3.05) is 0 Å². The van der Waals surface area contributed by atoms with E-state index < -0.39 is 11.5 Å². The minimum absolute atomic E-state index is 0.0639. The molecule has 120 valence electrons. The van der Waals surface area contributed by atoms with Gasteiger partial charge in [-0.1, -0.05) is 36.3 Å². The van der Waals surface area contributed by atoms with Gasteiger partial charge in [0.05, 0.1) is 23.8 Å². The number of nitrogens with one attached hydrogen (secondary N) is 1. The van der Waals surface area contributed by atoms with Gasteiger partial charge in [-0.25, -0.2) is 4.68 Å². The van der Waals surface area contributed by atoms with Gasteiger partial charge in [-0.3, -0.25) is 9.59 Å². The van der Waals surface area contributed by atoms with Gasteiger partial charge in [0.2, 0.25) is 0 Å². The average Bonchev–Trinajstić information content (AvgIpc) is 3.17. The van der Waals surface area contributed by atoms with Crippen LogP contribution in [-0.4, -0.2) is 37.5 Å². The fourth-order valence-corrected chi connectivity index (χ4v) is 3.07. The first kappa shape index (κ1) is 15.2. The van der Waals surface area contributed by atoms with E-state index in [1.165, 1.54) is 4.68 Å². The third-order valence-corrected chi connectivity index (χ3v) is 4.18. The summed E-state index contributed by atoms with van der Waals surface area (Å²) in [4.78, 5) is 23.5. The number of amides is 1. The fourth-order valence-electron chi connectivity index (χ4n) is 3.07. The predicted molar refractivity (Wildman–Crippen MR) is 82.3 cm³/mol. The standard InChI is InChI=1S/C16H18N4O3/c21-14(22)10-16(8-4-5-9-16)17-15(23)13-11-20(19-18-13)12-6-2-1-3-7-12/h1-3,6-7,11H,4-5,8-10H2,(H,17,23)(H,21,22). The molecule has 1 amide bonds. The molecule has 0 radical (unpaired) electrons. The molecule has 1 heterocycles. The van der Waals surface area contributed by atoms with Crippen molar-refractivity contribution >= 4 is 11.9 Å². The van der Waals surface area contributed by atoms with E-state index in [0.717, 1.165) is 18.5 Å². The monoisotopic (exact) mass is 314 g/mol. The number of aliphatic carboxylic acids is 1. The number of hydrogen-bond donors (Lipinski definition) is 2. The van der Waals surface area contributed by atoms with Crippen molar-refractivity contribution < 1.29 is 14.7 Å². The lowest BCUT2D eigenvalue weighted by Gasteiger charge is -2.28. The van der Waals surface area contributed by atoms with Crippen molar-refractivity contribution in [2.45, 2.75) is 37.6 Å². The Labute approximate surface area is 133 Å². The highest BCUT2D eigenvalue weighted by atomic mass is 16.4. The molecule has 7 heteroatoms. The maximum atomic E-state index is 12.4. The zero-order valence-electron chi connectivity index (χ0n) is 12.6. The minimum Gasteiger partial charge on any atom is -0.481 e. The predicted octanol–water partition coefficient (Wildman–Crippen LogP) is 1.78. The highest BCUT2D eigenvalue weighted by molar-refractivity contribution is 5.92. The van der Waals surface area contributed by atoms with E-state index in [2.05, 4.69) is 15.6 Å². The van der Waals surface area contributed by atoms with E-state index in [4.69, 9.17) is 5.11 Å². The van der Waals surface area contributed by atoms with Gasteiger partial charge in [-0.15, -0.1) is 5.10 Å². The topological polar surface area (TPSA) is 97.1 Å². The molecule has 0 bridgehead atoms. The largest absolute Gasteiger partial charge is 0.481 e. The number of benzene rings is 1. The van der Waals surface area contributed by atoms with E-state index in [1.807, 2.05) is 30.3 Å². The first-order valence-corrected chi connectivity index (χ1v) is 7.60. The Kier molecular flexibility index (Phi) is 4.10. The third kappa shape index (κ3) is 3.39. The lowest BCUT2D eigenvalue weighted by Crippen LogP contribution is -2.47. The summed E-state index contributed by atoms with van der Waals surface area (Å²) in [5, 5.41) is 19.8. The number of rotatable bonds is 5. The lowest BCUT2D eigenvalue weighted by molar-refractivity contribution is -0.138. The lowest BCUT2D eigenvalue weighted by atomic mass is 9.93. The summed E-state index contributed by atoms with van der Waals surface area (Å²) in [6.45, 7) is 0. The number of para-hydroxylation sites is 1. The first-order valence-electron chi connectivity index (χ1n) is 7.60. The van der Waals surface area contributed by atoms with Gasteiger partial charge in [-0.2, -0.15) is 0 Å². The molecule has 1 saturated carbocycles. The Morgan fingerprint density at radius 2 is 1.91 bits per heavy atom. The summed E-state index contributed by atoms with van der Waals surface area (Å²) in [6.07, 6.45) is 4.68. The molecule has 2 N–H and O–H groups in total. The Morgan fingerprint density at radius 1 is 1.22 bits per heavy atom. The molecular weight excluding hydrogens is 296 g/mol. The van der Waals surface area contributed by atoms with Crippen LogP contribution in [0.1, 0.15) is 42.6 Å². The Bertz CT molecular complexity index is 705. The van der Waals surface area contributed by atoms with Gasteiger partial charge in [0.25, 0.3) is 5.91 Å². The first-order chi connectivity index (χ1) is 11.1. The Balaban J connectivity index is 1.76. The number of carboxylic acids is 1. The van der Waals surface area contributed by atoms with E-state index in [1.54, 1.807) is 6.20 Å². The summed E-state index contributed by atoms with van der Waals surface area (Å²) in [6, 6.07) is 9.36. The van der Waals surface area contributed by atoms with Crippen LogP contribution in [0.25, 0.3) is 5.69 Å². The molecule has 0 spiro atoms. The third-order valence-electron chi connectivity index (χ3n) is 4.18. The summed E-state index contributed by atoms with van der Waals surface area (Å²) in [7, 11) is 0. The van der Waals surface area contributed by atoms with E-state index in [0.29, 0.717) is 12.8 Å². The van der Waals surface area contributed by atoms with Gasteiger partial charge in [0.1, 0.15) is 0 Å². The molecule has 1 aromatic carbocycles. The molecule has 0 aliphatic heterocycles. The van der Waals surface area contributed by atoms with Crippen LogP contribution < -0.4 is 5.32 Å². The van der Waals surface area contributed by atoms with Crippen LogP contribution in [0, 0.1) is 0 Å². The number of carbonyl (C=O) groups excluding carboxylic acids is 1. The smallest absolute Gasteiger partial charge is 0.305 e. The van der Waals surface area contributed by atoms with Crippen molar-refractivity contribution in [3.05, 3.63) is 42.2 Å². The van der Waals surface area contributed by atoms with E-state index in [-0.39, 0.29) is 18.0 Å². The fraction of sp³-hybridized carbons (Fsp3) is 0.375. The number of carboxylic acid groups (broad SMARTS) is 1. The molecule has 1 fully saturated rings. The van der Waals surface area contributed by atoms with Crippen LogP contribution >= 0.6 is 0 Å². The van der Waals surface area contributed by atoms with Gasteiger partial charge in [-0.05, 0) is 25.0 Å². The van der Waals surface area contributed by atoms with Crippen molar-refractivity contribution in [3.8, 4) is 5.69 Å². The quantitative estimate of drug-likeness (QED) is 0.877. The summed E-state index contributed by atoms with van der Waals surface area (Å²) in [5.41, 5.74) is 0.324. The number of hydrogen-bond acceptors (Lipinski definition) is 4. The van der Waals surface area contributed by atoms with Crippen molar-refractivity contribution in [1.82, 2.24) is 20.3 Å². The second-order valence-electron chi connectivity index (χ2n) is 5.90. The molecule has 3 rings (SSSR count). The molecule has 1 aliphatic carbocycles. The van der Waals surface area contributed by atoms with Crippen LogP contribution in [0.3, 0.4) is 0 Å². The zero-order chi connectivity index (χ0) is 16.3. The molecule has 1 aliphatic rings. The molecule has 1 aromatic heterocycles. The van der Waals surface area contributed by atoms with Gasteiger partial charge in [0.15, 0.2) is 5.69 Å². The molecule has 0 atom stereocenters. The van der Waals surface area contributed by atoms with Crippen molar-refractivity contribution in [3.63, 3.8) is 0 Å². The van der Waals surface area contributed by atoms with Crippen LogP contribution in [0.2, 0.25) is 0 Å². The highest BCUT2D eigenvalue weighted by Crippen LogP contribution is 2.32. The van der Waals surface area contributed by atoms with Gasteiger partial charge < -0.3 is 10.4 Å². The maximum absolute atomic E-state index is 12.4. The number of carbonyl (C=O) groups is 2. The SMILES string of the molecule is O=C(O)CC1(NC(=O)c2cn(-c3ccccc3)nn2)CCCC1. The van der Waals surface area contributed by atoms with E-state index in [9.17, 15) is 9.59 Å². The second kappa shape index (κ2) is 6.20. The number of nitrogens with zero attached hydrogens (tertiary/aromatic N) is 3. The molecular formula is C16H18N4O3. The molecule has 2 aromatic rings. The van der Waals surface area contributed by atoms with Crippen LogP contribution in [0.4, 0.5) is 0 Å². The van der Waals surface area contributed by atoms with Crippen molar-refractivity contribution in [2.24, 2.45) is 0 Å². The van der Waals surface area contributed by atoms with Gasteiger partial charge in [0, 0.05) is 0 Å². The molecule has 7 nitrogen and oxygen atoms in total. The summed E-state index contributed by atoms with van der Waals surface area (Å²) >= 11 is 0. The van der Waals surface area contributed by atoms with Crippen LogP contribution in [-0.2, 0) is 4.79 Å². The minimum atomic E-state index is -0.903. The average molecular weight is 314 g/mol. The molecule has 23 heavy (non-hydrogen) atoms. The zero-order valence-corrected chi connectivity index (χ0v) is 12.6. The van der Waals surface area contributed by atoms with Crippen LogP contribution in [0.5, 0.6) is 0 Å². The summed E-state index contributed by atoms with van der Waals surface area (Å²) < 4.78 is 1.52. The number of aromatic nitrogens is 3. The molecule has 0 unspecified atom stereocenters. The summed E-state index contributed by atoms with van der Waals surface area (Å²) in [5.74, 6) is -1.28. The highest BCUT2D eigenvalue weighted by Gasteiger charge is 2.38. The maximum Gasteiger partial charge on any atom is 0.305 e. The van der Waals surface area contributed by atoms with Gasteiger partial charge >= 0.3 is 5.97 Å². The van der Waals surface area contributed by atoms with Crippen molar-refractivity contribution in [1.29, 1.82) is 0 Å². The second-order valence-corrected chi connectivity index (χ2v) is 5.90. The normalized spacial score (nSPS) is 16.2. The van der Waals surface area contributed by atoms with Crippen LogP contribution in [0.15, 0.2) is 36.5 Å². The van der Waals surface area contributed by atoms with E-state index >= 15 is 0 Å².